The summed E-state index contributed by atoms with van der Waals surface area (Å²) >= 11 is 0. The van der Waals surface area contributed by atoms with Gasteiger partial charge in [0.1, 0.15) is 11.2 Å². The van der Waals surface area contributed by atoms with E-state index in [1.54, 1.807) is 6.20 Å². The molecule has 5 nitrogen and oxygen atoms in total. The predicted molar refractivity (Wildman–Crippen MR) is 81.0 cm³/mol. The largest absolute Gasteiger partial charge is 0.480 e. The number of fused-ring (bicyclic) bond motifs is 1. The van der Waals surface area contributed by atoms with E-state index in [0.29, 0.717) is 13.0 Å². The third kappa shape index (κ3) is 2.31. The number of aromatic nitrogens is 2. The predicted octanol–water partition coefficient (Wildman–Crippen LogP) is 2.78. The molecule has 2 aromatic rings. The number of aromatic amines is 1. The molecule has 2 N–H and O–H groups in total. The van der Waals surface area contributed by atoms with Gasteiger partial charge in [0.05, 0.1) is 0 Å². The Morgan fingerprint density at radius 3 is 3.19 bits per heavy atom. The fourth-order valence-corrected chi connectivity index (χ4v) is 3.56. The number of nitrogens with one attached hydrogen (secondary N) is 1. The molecule has 1 fully saturated rings. The minimum Gasteiger partial charge on any atom is -0.480 e. The smallest absolute Gasteiger partial charge is 0.324 e. The van der Waals surface area contributed by atoms with Gasteiger partial charge in [-0.1, -0.05) is 13.3 Å². The fourth-order valence-electron chi connectivity index (χ4n) is 3.56. The van der Waals surface area contributed by atoms with Gasteiger partial charge in [0.2, 0.25) is 0 Å². The van der Waals surface area contributed by atoms with E-state index in [0.717, 1.165) is 42.4 Å². The van der Waals surface area contributed by atoms with Crippen molar-refractivity contribution in [1.82, 2.24) is 14.9 Å². The van der Waals surface area contributed by atoms with Gasteiger partial charge in [0.15, 0.2) is 0 Å². The van der Waals surface area contributed by atoms with E-state index in [2.05, 4.69) is 21.8 Å². The summed E-state index contributed by atoms with van der Waals surface area (Å²) in [6.07, 6.45) is 7.01. The molecule has 1 saturated heterocycles. The maximum Gasteiger partial charge on any atom is 0.324 e. The highest BCUT2D eigenvalue weighted by molar-refractivity contribution is 5.81. The summed E-state index contributed by atoms with van der Waals surface area (Å²) in [5.74, 6) is -0.681. The van der Waals surface area contributed by atoms with Crippen LogP contribution >= 0.6 is 0 Å². The Kier molecular flexibility index (Phi) is 3.68. The lowest BCUT2D eigenvalue weighted by molar-refractivity contribution is -0.150. The summed E-state index contributed by atoms with van der Waals surface area (Å²) in [6, 6.07) is 3.95. The number of pyridine rings is 1. The highest BCUT2D eigenvalue weighted by atomic mass is 16.4. The van der Waals surface area contributed by atoms with Crippen LogP contribution < -0.4 is 0 Å². The van der Waals surface area contributed by atoms with Crippen molar-refractivity contribution in [2.45, 2.75) is 44.7 Å². The number of rotatable bonds is 5. The van der Waals surface area contributed by atoms with Gasteiger partial charge in [-0.2, -0.15) is 0 Å². The van der Waals surface area contributed by atoms with E-state index in [4.69, 9.17) is 0 Å². The number of H-pyrrole nitrogens is 1. The van der Waals surface area contributed by atoms with E-state index in [-0.39, 0.29) is 0 Å². The second-order valence-electron chi connectivity index (χ2n) is 5.83. The van der Waals surface area contributed by atoms with Crippen LogP contribution in [0.3, 0.4) is 0 Å². The molecule has 1 aliphatic rings. The Balaban J connectivity index is 1.91. The maximum absolute atomic E-state index is 11.9. The Morgan fingerprint density at radius 2 is 2.43 bits per heavy atom. The first-order chi connectivity index (χ1) is 10.2. The van der Waals surface area contributed by atoms with Gasteiger partial charge >= 0.3 is 5.97 Å². The molecule has 3 heterocycles. The molecular weight excluding hydrogens is 266 g/mol. The van der Waals surface area contributed by atoms with Crippen molar-refractivity contribution in [2.75, 3.05) is 6.54 Å². The molecule has 1 unspecified atom stereocenters. The summed E-state index contributed by atoms with van der Waals surface area (Å²) in [5.41, 5.74) is 1.30. The van der Waals surface area contributed by atoms with Crippen LogP contribution in [0.1, 0.15) is 38.2 Å². The molecule has 21 heavy (non-hydrogen) atoms. The number of carboxylic acids is 1. The number of likely N-dealkylation sites (tertiary alicyclic amines) is 1. The monoisotopic (exact) mass is 287 g/mol. The molecule has 2 aromatic heterocycles. The summed E-state index contributed by atoms with van der Waals surface area (Å²) in [7, 11) is 0. The van der Waals surface area contributed by atoms with E-state index >= 15 is 0 Å². The van der Waals surface area contributed by atoms with Crippen LogP contribution in [0.4, 0.5) is 0 Å². The van der Waals surface area contributed by atoms with E-state index in [9.17, 15) is 9.90 Å². The van der Waals surface area contributed by atoms with Crippen molar-refractivity contribution in [2.24, 2.45) is 0 Å². The van der Waals surface area contributed by atoms with Gasteiger partial charge in [-0.15, -0.1) is 0 Å². The molecule has 0 saturated carbocycles. The Morgan fingerprint density at radius 1 is 1.57 bits per heavy atom. The average Bonchev–Trinajstić information content (AvgIpc) is 3.06. The first-order valence-corrected chi connectivity index (χ1v) is 7.57. The van der Waals surface area contributed by atoms with Crippen molar-refractivity contribution < 1.29 is 9.90 Å². The summed E-state index contributed by atoms with van der Waals surface area (Å²) in [4.78, 5) is 21.4. The molecule has 1 aliphatic heterocycles. The lowest BCUT2D eigenvalue weighted by Gasteiger charge is -2.34. The summed E-state index contributed by atoms with van der Waals surface area (Å²) in [5, 5.41) is 10.8. The van der Waals surface area contributed by atoms with E-state index in [1.165, 1.54) is 0 Å². The van der Waals surface area contributed by atoms with Crippen molar-refractivity contribution >= 4 is 17.0 Å². The molecule has 3 rings (SSSR count). The number of hydrogen-bond acceptors (Lipinski definition) is 3. The first-order valence-electron chi connectivity index (χ1n) is 7.57. The quantitative estimate of drug-likeness (QED) is 0.887. The number of nitrogens with zero attached hydrogens (tertiary/aromatic N) is 2. The van der Waals surface area contributed by atoms with Crippen LogP contribution in [-0.2, 0) is 11.3 Å². The Bertz CT molecular complexity index is 652. The molecule has 0 aromatic carbocycles. The first kappa shape index (κ1) is 14.1. The van der Waals surface area contributed by atoms with Crippen LogP contribution in [0.5, 0.6) is 0 Å². The topological polar surface area (TPSA) is 69.2 Å². The third-order valence-electron chi connectivity index (χ3n) is 4.58. The van der Waals surface area contributed by atoms with Gasteiger partial charge in [-0.05, 0) is 43.5 Å². The molecule has 0 spiro atoms. The lowest BCUT2D eigenvalue weighted by Crippen LogP contribution is -2.49. The van der Waals surface area contributed by atoms with Gasteiger partial charge in [0.25, 0.3) is 0 Å². The highest BCUT2D eigenvalue weighted by Crippen LogP contribution is 2.36. The average molecular weight is 287 g/mol. The van der Waals surface area contributed by atoms with Crippen LogP contribution in [0.15, 0.2) is 24.5 Å². The molecule has 0 amide bonds. The minimum absolute atomic E-state index is 0.665. The molecular formula is C16H21N3O2. The van der Waals surface area contributed by atoms with Crippen LogP contribution in [0, 0.1) is 0 Å². The summed E-state index contributed by atoms with van der Waals surface area (Å²) in [6.45, 7) is 3.56. The zero-order valence-corrected chi connectivity index (χ0v) is 12.3. The van der Waals surface area contributed by atoms with Gasteiger partial charge in [-0.25, -0.2) is 4.98 Å². The minimum atomic E-state index is -0.694. The number of carbonyl (C=O) groups is 1. The van der Waals surface area contributed by atoms with Gasteiger partial charge < -0.3 is 10.1 Å². The normalized spacial score (nSPS) is 22.9. The van der Waals surface area contributed by atoms with Crippen molar-refractivity contribution in [1.29, 1.82) is 0 Å². The molecule has 1 atom stereocenters. The highest BCUT2D eigenvalue weighted by Gasteiger charge is 2.46. The van der Waals surface area contributed by atoms with E-state index in [1.807, 2.05) is 18.3 Å². The molecule has 0 bridgehead atoms. The Hall–Kier alpha value is -1.88. The zero-order chi connectivity index (χ0) is 14.9. The van der Waals surface area contributed by atoms with Gasteiger partial charge in [-0.3, -0.25) is 9.69 Å². The zero-order valence-electron chi connectivity index (χ0n) is 12.3. The molecule has 0 aliphatic carbocycles. The molecule has 112 valence electrons. The van der Waals surface area contributed by atoms with Crippen LogP contribution in [0.25, 0.3) is 11.0 Å². The molecule has 0 radical (unpaired) electrons. The van der Waals surface area contributed by atoms with Gasteiger partial charge in [0, 0.05) is 24.3 Å². The second kappa shape index (κ2) is 5.48. The number of carboxylic acid groups (broad SMARTS) is 1. The van der Waals surface area contributed by atoms with Crippen LogP contribution in [0.2, 0.25) is 0 Å². The second-order valence-corrected chi connectivity index (χ2v) is 5.83. The third-order valence-corrected chi connectivity index (χ3v) is 4.58. The fraction of sp³-hybridized carbons (Fsp3) is 0.500. The number of hydrogen-bond donors (Lipinski definition) is 2. The lowest BCUT2D eigenvalue weighted by atomic mass is 9.90. The SMILES string of the molecule is CCCC1(C(=O)O)CCCN1Cc1c[nH]c2ncccc12. The van der Waals surface area contributed by atoms with Crippen molar-refractivity contribution in [3.05, 3.63) is 30.1 Å². The summed E-state index contributed by atoms with van der Waals surface area (Å²) < 4.78 is 0. The standard InChI is InChI=1S/C16H21N3O2/c1-2-6-16(15(20)21)7-4-9-19(16)11-12-10-18-14-13(12)5-3-8-17-14/h3,5,8,10H,2,4,6-7,9,11H2,1H3,(H,17,18)(H,20,21). The Labute approximate surface area is 124 Å². The van der Waals surface area contributed by atoms with Crippen molar-refractivity contribution in [3.63, 3.8) is 0 Å². The van der Waals surface area contributed by atoms with E-state index < -0.39 is 11.5 Å². The number of aliphatic carboxylic acids is 1. The van der Waals surface area contributed by atoms with Crippen molar-refractivity contribution in [3.8, 4) is 0 Å². The maximum atomic E-state index is 11.9. The molecule has 5 heteroatoms. The van der Waals surface area contributed by atoms with Crippen LogP contribution in [-0.4, -0.2) is 38.0 Å².